The first-order chi connectivity index (χ1) is 6.72. The predicted octanol–water partition coefficient (Wildman–Crippen LogP) is 1.66. The minimum atomic E-state index is 0.753. The van der Waals surface area contributed by atoms with E-state index in [9.17, 15) is 0 Å². The zero-order chi connectivity index (χ0) is 10.4. The first-order valence-corrected chi connectivity index (χ1v) is 4.19. The largest absolute Gasteiger partial charge is 0.399 e. The normalized spacial score (nSPS) is 10.7. The van der Waals surface area contributed by atoms with E-state index in [1.165, 1.54) is 12.2 Å². The molecule has 4 nitrogen and oxygen atoms in total. The average Bonchev–Trinajstić information content (AvgIpc) is 2.17. The molecule has 0 aliphatic rings. The maximum Gasteiger partial charge on any atom is 0.0738 e. The van der Waals surface area contributed by atoms with Crippen molar-refractivity contribution < 1.29 is 9.88 Å². The number of anilines is 1. The van der Waals surface area contributed by atoms with Gasteiger partial charge in [0.25, 0.3) is 0 Å². The number of rotatable bonds is 4. The summed E-state index contributed by atoms with van der Waals surface area (Å²) in [7, 11) is 3.19. The van der Waals surface area contributed by atoms with E-state index in [1.807, 2.05) is 30.3 Å². The van der Waals surface area contributed by atoms with Crippen LogP contribution in [0.15, 0.2) is 30.5 Å². The zero-order valence-electron chi connectivity index (χ0n) is 8.31. The van der Waals surface area contributed by atoms with Crippen LogP contribution in [0, 0.1) is 0 Å². The maximum absolute atomic E-state index is 5.55. The van der Waals surface area contributed by atoms with Crippen LogP contribution in [-0.2, 0) is 9.88 Å². The van der Waals surface area contributed by atoms with Crippen molar-refractivity contribution in [3.63, 3.8) is 0 Å². The summed E-state index contributed by atoms with van der Waals surface area (Å²) in [6, 6.07) is 7.53. The molecule has 0 amide bonds. The summed E-state index contributed by atoms with van der Waals surface area (Å²) < 4.78 is 0. The van der Waals surface area contributed by atoms with Crippen molar-refractivity contribution in [2.24, 2.45) is 0 Å². The maximum atomic E-state index is 5.55. The summed E-state index contributed by atoms with van der Waals surface area (Å²) in [6.45, 7) is 0. The van der Waals surface area contributed by atoms with Gasteiger partial charge in [0.1, 0.15) is 0 Å². The molecule has 76 valence electrons. The lowest BCUT2D eigenvalue weighted by molar-refractivity contribution is -0.388. The smallest absolute Gasteiger partial charge is 0.0738 e. The van der Waals surface area contributed by atoms with E-state index < -0.39 is 0 Å². The first-order valence-electron chi connectivity index (χ1n) is 4.19. The van der Waals surface area contributed by atoms with Gasteiger partial charge in [0, 0.05) is 18.9 Å². The van der Waals surface area contributed by atoms with E-state index in [2.05, 4.69) is 4.89 Å². The van der Waals surface area contributed by atoms with E-state index in [0.29, 0.717) is 0 Å². The van der Waals surface area contributed by atoms with Crippen LogP contribution in [0.4, 0.5) is 5.69 Å². The van der Waals surface area contributed by atoms with Crippen LogP contribution >= 0.6 is 0 Å². The zero-order valence-corrected chi connectivity index (χ0v) is 8.31. The van der Waals surface area contributed by atoms with Gasteiger partial charge in [0.05, 0.1) is 7.11 Å². The Kier molecular flexibility index (Phi) is 3.97. The van der Waals surface area contributed by atoms with E-state index in [-0.39, 0.29) is 0 Å². The lowest BCUT2D eigenvalue weighted by Crippen LogP contribution is -2.09. The SMILES string of the molecule is COON(C)/C=C\c1ccc(N)cc1. The lowest BCUT2D eigenvalue weighted by atomic mass is 10.2. The Hall–Kier alpha value is -1.52. The van der Waals surface area contributed by atoms with E-state index in [4.69, 9.17) is 10.7 Å². The average molecular weight is 194 g/mol. The van der Waals surface area contributed by atoms with Crippen molar-refractivity contribution in [3.05, 3.63) is 36.0 Å². The molecule has 0 fully saturated rings. The monoisotopic (exact) mass is 194 g/mol. The van der Waals surface area contributed by atoms with E-state index in [1.54, 1.807) is 13.2 Å². The van der Waals surface area contributed by atoms with Crippen molar-refractivity contribution in [1.29, 1.82) is 0 Å². The molecule has 1 aromatic carbocycles. The number of nitrogens with two attached hydrogens (primary N) is 1. The summed E-state index contributed by atoms with van der Waals surface area (Å²) >= 11 is 0. The molecule has 4 heteroatoms. The highest BCUT2D eigenvalue weighted by Gasteiger charge is 1.90. The number of hydrogen-bond acceptors (Lipinski definition) is 4. The minimum Gasteiger partial charge on any atom is -0.399 e. The van der Waals surface area contributed by atoms with Crippen LogP contribution in [0.2, 0.25) is 0 Å². The molecule has 1 aromatic rings. The van der Waals surface area contributed by atoms with Gasteiger partial charge in [0.2, 0.25) is 0 Å². The van der Waals surface area contributed by atoms with Crippen LogP contribution < -0.4 is 5.73 Å². The van der Waals surface area contributed by atoms with Gasteiger partial charge in [-0.05, 0) is 23.8 Å². The molecule has 0 saturated carbocycles. The van der Waals surface area contributed by atoms with Crippen LogP contribution in [0.25, 0.3) is 6.08 Å². The van der Waals surface area contributed by atoms with Gasteiger partial charge in [-0.1, -0.05) is 12.1 Å². The molecule has 0 bridgehead atoms. The van der Waals surface area contributed by atoms with Crippen molar-refractivity contribution in [3.8, 4) is 0 Å². The number of nitrogen functional groups attached to an aromatic ring is 1. The van der Waals surface area contributed by atoms with Gasteiger partial charge in [-0.25, -0.2) is 9.95 Å². The summed E-state index contributed by atoms with van der Waals surface area (Å²) in [4.78, 5) is 9.17. The Morgan fingerprint density at radius 2 is 1.93 bits per heavy atom. The number of benzene rings is 1. The molecule has 0 unspecified atom stereocenters. The highest BCUT2D eigenvalue weighted by molar-refractivity contribution is 5.52. The Labute approximate surface area is 83.4 Å². The molecule has 0 aromatic heterocycles. The molecule has 0 aliphatic carbocycles. The van der Waals surface area contributed by atoms with Crippen molar-refractivity contribution in [2.75, 3.05) is 19.9 Å². The predicted molar refractivity (Wildman–Crippen MR) is 55.7 cm³/mol. The summed E-state index contributed by atoms with van der Waals surface area (Å²) in [5, 5.41) is 1.45. The second-order valence-electron chi connectivity index (χ2n) is 2.77. The van der Waals surface area contributed by atoms with E-state index >= 15 is 0 Å². The van der Waals surface area contributed by atoms with Crippen LogP contribution in [0.5, 0.6) is 0 Å². The molecule has 0 aliphatic heterocycles. The third-order valence-electron chi connectivity index (χ3n) is 1.61. The minimum absolute atomic E-state index is 0.753. The highest BCUT2D eigenvalue weighted by atomic mass is 17.3. The van der Waals surface area contributed by atoms with Crippen molar-refractivity contribution in [1.82, 2.24) is 5.06 Å². The van der Waals surface area contributed by atoms with Gasteiger partial charge >= 0.3 is 0 Å². The van der Waals surface area contributed by atoms with Gasteiger partial charge in [-0.3, -0.25) is 0 Å². The van der Waals surface area contributed by atoms with Gasteiger partial charge in [0.15, 0.2) is 0 Å². The number of nitrogens with zero attached hydrogens (tertiary/aromatic N) is 1. The number of hydroxylamine groups is 2. The fourth-order valence-corrected chi connectivity index (χ4v) is 0.941. The van der Waals surface area contributed by atoms with Crippen LogP contribution in [0.3, 0.4) is 0 Å². The van der Waals surface area contributed by atoms with E-state index in [0.717, 1.165) is 11.3 Å². The van der Waals surface area contributed by atoms with Crippen molar-refractivity contribution in [2.45, 2.75) is 0 Å². The standard InChI is InChI=1S/C10H14N2O2/c1-12(14-13-2)8-7-9-3-5-10(11)6-4-9/h3-8H,11H2,1-2H3/b8-7-. The molecule has 0 atom stereocenters. The third kappa shape index (κ3) is 3.47. The summed E-state index contributed by atoms with van der Waals surface area (Å²) in [5.41, 5.74) is 7.35. The molecule has 1 rings (SSSR count). The second kappa shape index (κ2) is 5.26. The Bertz CT molecular complexity index is 295. The topological polar surface area (TPSA) is 47.7 Å². The Morgan fingerprint density at radius 3 is 2.50 bits per heavy atom. The highest BCUT2D eigenvalue weighted by Crippen LogP contribution is 2.07. The van der Waals surface area contributed by atoms with Crippen molar-refractivity contribution >= 4 is 11.8 Å². The Morgan fingerprint density at radius 1 is 1.29 bits per heavy atom. The quantitative estimate of drug-likeness (QED) is 0.450. The molecule has 0 radical (unpaired) electrons. The molecule has 0 heterocycles. The lowest BCUT2D eigenvalue weighted by Gasteiger charge is -2.09. The third-order valence-corrected chi connectivity index (χ3v) is 1.61. The summed E-state index contributed by atoms with van der Waals surface area (Å²) in [6.07, 6.45) is 3.63. The first kappa shape index (κ1) is 10.6. The second-order valence-corrected chi connectivity index (χ2v) is 2.77. The van der Waals surface area contributed by atoms with Gasteiger partial charge in [-0.2, -0.15) is 0 Å². The molecule has 14 heavy (non-hydrogen) atoms. The summed E-state index contributed by atoms with van der Waals surface area (Å²) in [5.74, 6) is 0. The Balaban J connectivity index is 2.55. The molecule has 2 N–H and O–H groups in total. The van der Waals surface area contributed by atoms with Crippen LogP contribution in [0.1, 0.15) is 5.56 Å². The van der Waals surface area contributed by atoms with Crippen LogP contribution in [-0.4, -0.2) is 19.2 Å². The number of hydrogen-bond donors (Lipinski definition) is 1. The molecule has 0 spiro atoms. The molecular formula is C10H14N2O2. The van der Waals surface area contributed by atoms with Gasteiger partial charge in [-0.15, -0.1) is 4.99 Å². The fraction of sp³-hybridized carbons (Fsp3) is 0.200. The fourth-order valence-electron chi connectivity index (χ4n) is 0.941. The molecular weight excluding hydrogens is 180 g/mol. The molecule has 0 saturated heterocycles. The van der Waals surface area contributed by atoms with Gasteiger partial charge < -0.3 is 5.73 Å².